The molecule has 60 valence electrons. The third-order valence-electron chi connectivity index (χ3n) is 1.14. The first kappa shape index (κ1) is 7.41. The average molecular weight is 160 g/mol. The molecule has 0 radical (unpaired) electrons. The first-order valence-corrected chi connectivity index (χ1v) is 2.63. The quantitative estimate of drug-likeness (QED) is 0.388. The molecule has 0 aromatic carbocycles. The molecule has 0 atom stereocenters. The molecule has 1 rings (SSSR count). The van der Waals surface area contributed by atoms with Crippen molar-refractivity contribution in [2.24, 2.45) is 0 Å². The lowest BCUT2D eigenvalue weighted by atomic mass is 10.5. The molecule has 0 spiro atoms. The first-order chi connectivity index (χ1) is 5.13. The molecule has 0 unspecified atom stereocenters. The molecule has 0 aromatic heterocycles. The predicted molar refractivity (Wildman–Crippen MR) is 32.2 cm³/mol. The van der Waals surface area contributed by atoms with E-state index in [-0.39, 0.29) is 6.54 Å². The fourth-order valence-electron chi connectivity index (χ4n) is 0.670. The van der Waals surface area contributed by atoms with E-state index in [0.717, 1.165) is 0 Å². The Bertz CT molecular complexity index is 222. The lowest BCUT2D eigenvalue weighted by molar-refractivity contribution is -0.471. The summed E-state index contributed by atoms with van der Waals surface area (Å²) >= 11 is 0. The Balaban J connectivity index is 2.95. The number of nitro groups is 2. The Morgan fingerprint density at radius 2 is 1.91 bits per heavy atom. The van der Waals surface area contributed by atoms with Crippen molar-refractivity contribution in [3.05, 3.63) is 31.7 Å². The largest absolute Gasteiger partial charge is 0.409 e. The highest BCUT2D eigenvalue weighted by Crippen LogP contribution is 2.05. The van der Waals surface area contributed by atoms with Gasteiger partial charge in [-0.1, -0.05) is 0 Å². The molecule has 0 aromatic rings. The number of hydrogen-bond acceptors (Lipinski definition) is 6. The fraction of sp³-hybridized carbons (Fsp3) is 0.333. The molecule has 0 bridgehead atoms. The van der Waals surface area contributed by atoms with Gasteiger partial charge in [-0.15, -0.1) is 0 Å². The maximum Gasteiger partial charge on any atom is 0.409 e. The molecule has 1 aliphatic rings. The molecule has 2 N–H and O–H groups in total. The highest BCUT2D eigenvalue weighted by atomic mass is 16.6. The zero-order valence-corrected chi connectivity index (χ0v) is 5.23. The Morgan fingerprint density at radius 1 is 1.27 bits per heavy atom. The number of rotatable bonds is 2. The van der Waals surface area contributed by atoms with E-state index in [0.29, 0.717) is 0 Å². The lowest BCUT2D eigenvalue weighted by Gasteiger charge is -1.91. The summed E-state index contributed by atoms with van der Waals surface area (Å²) in [5.74, 6) is -0.588. The van der Waals surface area contributed by atoms with E-state index in [2.05, 4.69) is 10.9 Å². The monoisotopic (exact) mass is 160 g/mol. The van der Waals surface area contributed by atoms with Crippen molar-refractivity contribution in [2.75, 3.05) is 6.54 Å². The first-order valence-electron chi connectivity index (χ1n) is 2.63. The minimum atomic E-state index is -0.835. The van der Waals surface area contributed by atoms with Gasteiger partial charge in [0.15, 0.2) is 0 Å². The van der Waals surface area contributed by atoms with Crippen LogP contribution in [0.3, 0.4) is 0 Å². The summed E-state index contributed by atoms with van der Waals surface area (Å²) in [4.78, 5) is 18.5. The second-order valence-electron chi connectivity index (χ2n) is 1.79. The highest BCUT2D eigenvalue weighted by Gasteiger charge is 2.33. The molecule has 1 aliphatic heterocycles. The van der Waals surface area contributed by atoms with Crippen molar-refractivity contribution in [3.8, 4) is 0 Å². The minimum Gasteiger partial charge on any atom is -0.358 e. The van der Waals surface area contributed by atoms with Crippen molar-refractivity contribution in [1.82, 2.24) is 10.9 Å². The van der Waals surface area contributed by atoms with Crippen molar-refractivity contribution < 1.29 is 9.85 Å². The molecule has 0 saturated carbocycles. The molecule has 0 fully saturated rings. The minimum absolute atomic E-state index is 0.136. The van der Waals surface area contributed by atoms with Crippen molar-refractivity contribution >= 4 is 0 Å². The average Bonchev–Trinajstić information content (AvgIpc) is 2.32. The van der Waals surface area contributed by atoms with Gasteiger partial charge in [0.25, 0.3) is 0 Å². The molecular weight excluding hydrogens is 156 g/mol. The van der Waals surface area contributed by atoms with Crippen molar-refractivity contribution in [2.45, 2.75) is 0 Å². The third-order valence-corrected chi connectivity index (χ3v) is 1.14. The Labute approximate surface area is 60.1 Å². The summed E-state index contributed by atoms with van der Waals surface area (Å²) in [6.07, 6.45) is 0. The summed E-state index contributed by atoms with van der Waals surface area (Å²) in [5.41, 5.74) is 3.90. The Hall–Kier alpha value is -1.70. The van der Waals surface area contributed by atoms with Gasteiger partial charge < -0.3 is 10.1 Å². The number of hydrogen-bond donors (Lipinski definition) is 2. The van der Waals surface area contributed by atoms with Gasteiger partial charge in [0.2, 0.25) is 0 Å². The van der Waals surface area contributed by atoms with Gasteiger partial charge in [0.1, 0.15) is 6.54 Å². The van der Waals surface area contributed by atoms with Gasteiger partial charge in [-0.3, -0.25) is 10.1 Å². The van der Waals surface area contributed by atoms with E-state index in [4.69, 9.17) is 0 Å². The standard InChI is InChI=1S/C3H4N4O4/c8-6(9)2-1-4-5-3(2)7(10)11/h4-5H,1H2. The topological polar surface area (TPSA) is 110 Å². The van der Waals surface area contributed by atoms with Crippen LogP contribution < -0.4 is 10.9 Å². The molecule has 0 aliphatic carbocycles. The van der Waals surface area contributed by atoms with Gasteiger partial charge in [0, 0.05) is 0 Å². The van der Waals surface area contributed by atoms with Crippen LogP contribution in [0.4, 0.5) is 0 Å². The maximum atomic E-state index is 10.1. The van der Waals surface area contributed by atoms with Gasteiger partial charge in [0.05, 0.1) is 4.92 Å². The van der Waals surface area contributed by atoms with E-state index >= 15 is 0 Å². The van der Waals surface area contributed by atoms with E-state index < -0.39 is 21.4 Å². The molecule has 8 heteroatoms. The van der Waals surface area contributed by atoms with Crippen molar-refractivity contribution in [3.63, 3.8) is 0 Å². The molecule has 0 amide bonds. The predicted octanol–water partition coefficient (Wildman–Crippen LogP) is -1.18. The normalized spacial score (nSPS) is 16.4. The molecule has 1 heterocycles. The highest BCUT2D eigenvalue weighted by molar-refractivity contribution is 5.03. The summed E-state index contributed by atoms with van der Waals surface area (Å²) in [6, 6.07) is 0. The molecule has 8 nitrogen and oxygen atoms in total. The van der Waals surface area contributed by atoms with Crippen LogP contribution in [0.25, 0.3) is 0 Å². The lowest BCUT2D eigenvalue weighted by Crippen LogP contribution is -2.26. The van der Waals surface area contributed by atoms with Gasteiger partial charge in [-0.05, 0) is 4.92 Å². The van der Waals surface area contributed by atoms with Crippen LogP contribution >= 0.6 is 0 Å². The maximum absolute atomic E-state index is 10.1. The molecule has 11 heavy (non-hydrogen) atoms. The summed E-state index contributed by atoms with van der Waals surface area (Å²) < 4.78 is 0. The van der Waals surface area contributed by atoms with Crippen LogP contribution in [-0.4, -0.2) is 16.4 Å². The Kier molecular flexibility index (Phi) is 1.68. The molecular formula is C3H4N4O4. The van der Waals surface area contributed by atoms with Crippen LogP contribution in [0, 0.1) is 20.2 Å². The van der Waals surface area contributed by atoms with Gasteiger partial charge in [-0.2, -0.15) is 10.9 Å². The van der Waals surface area contributed by atoms with E-state index in [9.17, 15) is 20.2 Å². The zero-order chi connectivity index (χ0) is 8.43. The number of hydrazine groups is 1. The van der Waals surface area contributed by atoms with Crippen LogP contribution in [0.1, 0.15) is 0 Å². The Morgan fingerprint density at radius 3 is 2.27 bits per heavy atom. The summed E-state index contributed by atoms with van der Waals surface area (Å²) in [7, 11) is 0. The second kappa shape index (κ2) is 2.50. The smallest absolute Gasteiger partial charge is 0.358 e. The van der Waals surface area contributed by atoms with E-state index in [1.54, 1.807) is 0 Å². The van der Waals surface area contributed by atoms with Crippen molar-refractivity contribution in [1.29, 1.82) is 0 Å². The zero-order valence-electron chi connectivity index (χ0n) is 5.23. The van der Waals surface area contributed by atoms with Crippen LogP contribution in [-0.2, 0) is 0 Å². The second-order valence-corrected chi connectivity index (χ2v) is 1.79. The number of nitrogens with one attached hydrogen (secondary N) is 2. The van der Waals surface area contributed by atoms with Crippen LogP contribution in [0.5, 0.6) is 0 Å². The fourth-order valence-corrected chi connectivity index (χ4v) is 0.670. The van der Waals surface area contributed by atoms with Gasteiger partial charge in [-0.25, -0.2) is 0 Å². The summed E-state index contributed by atoms with van der Waals surface area (Å²) in [6.45, 7) is -0.136. The third kappa shape index (κ3) is 1.24. The summed E-state index contributed by atoms with van der Waals surface area (Å²) in [5, 5.41) is 20.1. The van der Waals surface area contributed by atoms with E-state index in [1.165, 1.54) is 0 Å². The van der Waals surface area contributed by atoms with Crippen LogP contribution in [0.2, 0.25) is 0 Å². The van der Waals surface area contributed by atoms with Crippen LogP contribution in [0.15, 0.2) is 11.5 Å². The van der Waals surface area contributed by atoms with Gasteiger partial charge >= 0.3 is 11.5 Å². The molecule has 0 saturated heterocycles. The van der Waals surface area contributed by atoms with E-state index in [1.807, 2.05) is 0 Å². The SMILES string of the molecule is O=[N+]([O-])C1=C([N+](=O)[O-])NNC1. The number of nitrogens with zero attached hydrogens (tertiary/aromatic N) is 2.